The molecule has 3 aliphatic rings. The Bertz CT molecular complexity index is 961. The summed E-state index contributed by atoms with van der Waals surface area (Å²) in [5.41, 5.74) is 2.58. The molecule has 0 aliphatic carbocycles. The van der Waals surface area contributed by atoms with Crippen LogP contribution in [0.15, 0.2) is 30.5 Å². The van der Waals surface area contributed by atoms with Crippen molar-refractivity contribution in [2.75, 3.05) is 63.8 Å². The van der Waals surface area contributed by atoms with Gasteiger partial charge in [-0.2, -0.15) is 5.26 Å². The number of nitrogens with one attached hydrogen (secondary N) is 1. The van der Waals surface area contributed by atoms with Gasteiger partial charge in [0.1, 0.15) is 6.07 Å². The fourth-order valence-corrected chi connectivity index (χ4v) is 5.64. The lowest BCUT2D eigenvalue weighted by atomic mass is 10.0. The minimum Gasteiger partial charge on any atom is -0.370 e. The Morgan fingerprint density at radius 3 is 2.72 bits per heavy atom. The topological polar surface area (TPSA) is 67.7 Å². The maximum Gasteiger partial charge on any atom is 0.101 e. The third kappa shape index (κ3) is 4.60. The normalized spacial score (nSPS) is 26.3. The molecule has 5 rings (SSSR count). The molecule has 170 valence electrons. The van der Waals surface area contributed by atoms with Gasteiger partial charge in [0.05, 0.1) is 23.3 Å². The van der Waals surface area contributed by atoms with Crippen molar-refractivity contribution < 1.29 is 4.74 Å². The number of piperidine rings is 1. The molecule has 3 fully saturated rings. The second-order valence-corrected chi connectivity index (χ2v) is 9.44. The number of nitrogens with zero attached hydrogens (tertiary/aromatic N) is 5. The summed E-state index contributed by atoms with van der Waals surface area (Å²) in [6, 6.07) is 11.1. The molecule has 2 atom stereocenters. The molecule has 1 aromatic heterocycles. The Kier molecular flexibility index (Phi) is 6.56. The quantitative estimate of drug-likeness (QED) is 0.790. The van der Waals surface area contributed by atoms with Crippen LogP contribution in [-0.2, 0) is 4.74 Å². The molecule has 4 heterocycles. The largest absolute Gasteiger partial charge is 0.370 e. The van der Waals surface area contributed by atoms with Crippen molar-refractivity contribution >= 4 is 16.6 Å². The van der Waals surface area contributed by atoms with Crippen LogP contribution in [0.4, 0.5) is 5.69 Å². The summed E-state index contributed by atoms with van der Waals surface area (Å²) in [7, 11) is 0. The van der Waals surface area contributed by atoms with Gasteiger partial charge in [-0.15, -0.1) is 0 Å². The third-order valence-corrected chi connectivity index (χ3v) is 7.23. The highest BCUT2D eigenvalue weighted by Gasteiger charge is 2.30. The lowest BCUT2D eigenvalue weighted by Crippen LogP contribution is -2.56. The van der Waals surface area contributed by atoms with Crippen molar-refractivity contribution in [1.29, 1.82) is 5.26 Å². The number of rotatable bonds is 4. The van der Waals surface area contributed by atoms with Gasteiger partial charge >= 0.3 is 0 Å². The van der Waals surface area contributed by atoms with E-state index >= 15 is 0 Å². The van der Waals surface area contributed by atoms with Crippen molar-refractivity contribution in [3.63, 3.8) is 0 Å². The molecule has 0 spiro atoms. The first-order chi connectivity index (χ1) is 15.7. The van der Waals surface area contributed by atoms with Gasteiger partial charge in [-0.3, -0.25) is 14.8 Å². The average molecular weight is 435 g/mol. The zero-order valence-electron chi connectivity index (χ0n) is 19.0. The molecular formula is C25H34N6O. The number of benzene rings is 1. The van der Waals surface area contributed by atoms with Crippen LogP contribution in [0.5, 0.6) is 0 Å². The highest BCUT2D eigenvalue weighted by atomic mass is 16.5. The van der Waals surface area contributed by atoms with Gasteiger partial charge < -0.3 is 15.0 Å². The number of hydrogen-bond acceptors (Lipinski definition) is 7. The average Bonchev–Trinajstić information content (AvgIpc) is 2.84. The maximum absolute atomic E-state index is 9.47. The second-order valence-electron chi connectivity index (χ2n) is 9.44. The molecule has 1 aromatic carbocycles. The van der Waals surface area contributed by atoms with E-state index in [0.717, 1.165) is 68.4 Å². The van der Waals surface area contributed by atoms with Crippen LogP contribution in [0.25, 0.3) is 10.9 Å². The van der Waals surface area contributed by atoms with E-state index in [4.69, 9.17) is 4.74 Å². The molecule has 3 aliphatic heterocycles. The fourth-order valence-electron chi connectivity index (χ4n) is 5.64. The molecule has 0 radical (unpaired) electrons. The summed E-state index contributed by atoms with van der Waals surface area (Å²) in [6.07, 6.45) is 4.69. The number of hydrogen-bond donors (Lipinski definition) is 1. The molecule has 1 N–H and O–H groups in total. The lowest BCUT2D eigenvalue weighted by molar-refractivity contribution is -0.0401. The van der Waals surface area contributed by atoms with E-state index in [-0.39, 0.29) is 12.2 Å². The predicted molar refractivity (Wildman–Crippen MR) is 127 cm³/mol. The minimum absolute atomic E-state index is 0.173. The van der Waals surface area contributed by atoms with E-state index in [1.165, 1.54) is 25.9 Å². The maximum atomic E-state index is 9.47. The van der Waals surface area contributed by atoms with Crippen LogP contribution in [0, 0.1) is 11.3 Å². The standard InChI is InChI=1S/C25H34N6O/c1-19-16-31(24-5-4-20(15-26)25-23(24)3-2-8-28-25)18-22(32-19)17-29-11-13-30(14-12-29)21-6-9-27-10-7-21/h2-5,8,19,21-22,27H,6-7,9-14,16-18H2,1H3/t19-,22-/m1/s1. The number of morpholine rings is 1. The summed E-state index contributed by atoms with van der Waals surface area (Å²) >= 11 is 0. The molecule has 0 bridgehead atoms. The van der Waals surface area contributed by atoms with Gasteiger partial charge in [0.25, 0.3) is 0 Å². The highest BCUT2D eigenvalue weighted by Crippen LogP contribution is 2.30. The Balaban J connectivity index is 1.24. The van der Waals surface area contributed by atoms with Gasteiger partial charge in [-0.25, -0.2) is 0 Å². The lowest BCUT2D eigenvalue weighted by Gasteiger charge is -2.44. The Labute approximate surface area is 190 Å². The van der Waals surface area contributed by atoms with E-state index in [9.17, 15) is 5.26 Å². The van der Waals surface area contributed by atoms with E-state index < -0.39 is 0 Å². The first-order valence-corrected chi connectivity index (χ1v) is 12.1. The molecule has 0 unspecified atom stereocenters. The van der Waals surface area contributed by atoms with Crippen molar-refractivity contribution in [2.45, 2.75) is 38.0 Å². The zero-order valence-corrected chi connectivity index (χ0v) is 19.0. The van der Waals surface area contributed by atoms with E-state index in [1.54, 1.807) is 6.20 Å². The van der Waals surface area contributed by atoms with E-state index in [1.807, 2.05) is 12.1 Å². The van der Waals surface area contributed by atoms with Gasteiger partial charge in [0.2, 0.25) is 0 Å². The number of nitriles is 1. The first-order valence-electron chi connectivity index (χ1n) is 12.1. The van der Waals surface area contributed by atoms with Crippen LogP contribution in [0.3, 0.4) is 0 Å². The molecular weight excluding hydrogens is 400 g/mol. The number of fused-ring (bicyclic) bond motifs is 1. The highest BCUT2D eigenvalue weighted by molar-refractivity contribution is 5.95. The van der Waals surface area contributed by atoms with Crippen LogP contribution >= 0.6 is 0 Å². The van der Waals surface area contributed by atoms with Crippen molar-refractivity contribution in [3.05, 3.63) is 36.0 Å². The smallest absolute Gasteiger partial charge is 0.101 e. The number of piperazine rings is 1. The summed E-state index contributed by atoms with van der Waals surface area (Å²) < 4.78 is 6.37. The van der Waals surface area contributed by atoms with Gasteiger partial charge in [-0.05, 0) is 57.1 Å². The molecule has 7 nitrogen and oxygen atoms in total. The molecule has 7 heteroatoms. The number of pyridine rings is 1. The first kappa shape index (κ1) is 21.6. The molecule has 32 heavy (non-hydrogen) atoms. The second kappa shape index (κ2) is 9.72. The van der Waals surface area contributed by atoms with E-state index in [0.29, 0.717) is 5.56 Å². The third-order valence-electron chi connectivity index (χ3n) is 7.23. The SMILES string of the molecule is C[C@@H]1CN(c2ccc(C#N)c3ncccc23)C[C@@H](CN2CCN(C3CCNCC3)CC2)O1. The number of aromatic nitrogens is 1. The molecule has 3 saturated heterocycles. The number of ether oxygens (including phenoxy) is 1. The summed E-state index contributed by atoms with van der Waals surface area (Å²) in [6.45, 7) is 11.8. The Morgan fingerprint density at radius 2 is 1.94 bits per heavy atom. The van der Waals surface area contributed by atoms with Crippen LogP contribution in [0.1, 0.15) is 25.3 Å². The molecule has 0 saturated carbocycles. The summed E-state index contributed by atoms with van der Waals surface area (Å²) in [5, 5.41) is 14.0. The molecule has 0 amide bonds. The van der Waals surface area contributed by atoms with Crippen LogP contribution < -0.4 is 10.2 Å². The monoisotopic (exact) mass is 434 g/mol. The summed E-state index contributed by atoms with van der Waals surface area (Å²) in [4.78, 5) is 12.2. The Morgan fingerprint density at radius 1 is 1.12 bits per heavy atom. The van der Waals surface area contributed by atoms with E-state index in [2.05, 4.69) is 50.1 Å². The predicted octanol–water partition coefficient (Wildman–Crippen LogP) is 2.07. The van der Waals surface area contributed by atoms with Crippen molar-refractivity contribution in [3.8, 4) is 6.07 Å². The molecule has 2 aromatic rings. The van der Waals surface area contributed by atoms with Gasteiger partial charge in [-0.1, -0.05) is 0 Å². The van der Waals surface area contributed by atoms with Gasteiger partial charge in [0, 0.05) is 69.1 Å². The Hall–Kier alpha value is -2.24. The van der Waals surface area contributed by atoms with Crippen LogP contribution in [0.2, 0.25) is 0 Å². The van der Waals surface area contributed by atoms with Crippen LogP contribution in [-0.4, -0.2) is 91.9 Å². The number of anilines is 1. The summed E-state index contributed by atoms with van der Waals surface area (Å²) in [5.74, 6) is 0. The zero-order chi connectivity index (χ0) is 21.9. The van der Waals surface area contributed by atoms with Gasteiger partial charge in [0.15, 0.2) is 0 Å². The fraction of sp³-hybridized carbons (Fsp3) is 0.600. The van der Waals surface area contributed by atoms with Crippen molar-refractivity contribution in [1.82, 2.24) is 20.1 Å². The minimum atomic E-state index is 0.173. The van der Waals surface area contributed by atoms with Crippen molar-refractivity contribution in [2.24, 2.45) is 0 Å².